The molecule has 0 bridgehead atoms. The number of hydrogen-bond donors (Lipinski definition) is 2. The van der Waals surface area contributed by atoms with E-state index < -0.39 is 0 Å². The van der Waals surface area contributed by atoms with Crippen LogP contribution in [0, 0.1) is 13.8 Å². The SMILES string of the molecule is Cc1nn(CCO)c(C)c1CN[C@@H](C)c1ccc(Cl)cc1Cl. The summed E-state index contributed by atoms with van der Waals surface area (Å²) < 4.78 is 1.84. The van der Waals surface area contributed by atoms with Crippen molar-refractivity contribution in [3.8, 4) is 0 Å². The van der Waals surface area contributed by atoms with Crippen LogP contribution in [0.4, 0.5) is 0 Å². The highest BCUT2D eigenvalue weighted by atomic mass is 35.5. The van der Waals surface area contributed by atoms with Crippen LogP contribution in [-0.2, 0) is 13.1 Å². The summed E-state index contributed by atoms with van der Waals surface area (Å²) in [6, 6.07) is 5.64. The molecule has 1 heterocycles. The molecule has 0 aliphatic rings. The highest BCUT2D eigenvalue weighted by Crippen LogP contribution is 2.26. The van der Waals surface area contributed by atoms with Crippen LogP contribution in [0.25, 0.3) is 0 Å². The van der Waals surface area contributed by atoms with Crippen molar-refractivity contribution in [1.82, 2.24) is 15.1 Å². The molecule has 22 heavy (non-hydrogen) atoms. The molecular weight excluding hydrogens is 321 g/mol. The molecule has 0 fully saturated rings. The maximum Gasteiger partial charge on any atom is 0.0644 e. The predicted molar refractivity (Wildman–Crippen MR) is 90.5 cm³/mol. The van der Waals surface area contributed by atoms with Crippen LogP contribution < -0.4 is 5.32 Å². The Bertz CT molecular complexity index is 655. The molecular formula is C16H21Cl2N3O. The van der Waals surface area contributed by atoms with Crippen LogP contribution in [0.5, 0.6) is 0 Å². The van der Waals surface area contributed by atoms with E-state index in [9.17, 15) is 0 Å². The summed E-state index contributed by atoms with van der Waals surface area (Å²) in [5.74, 6) is 0. The fourth-order valence-electron chi connectivity index (χ4n) is 2.52. The molecule has 120 valence electrons. The fraction of sp³-hybridized carbons (Fsp3) is 0.438. The standard InChI is InChI=1S/C16H21Cl2N3O/c1-10(14-5-4-13(17)8-16(14)18)19-9-15-11(2)20-21(6-7-22)12(15)3/h4-5,8,10,19,22H,6-7,9H2,1-3H3/t10-/m0/s1. The maximum absolute atomic E-state index is 9.06. The molecule has 2 rings (SSSR count). The first kappa shape index (κ1) is 17.3. The Hall–Kier alpha value is -1.07. The van der Waals surface area contributed by atoms with E-state index in [1.165, 1.54) is 0 Å². The molecule has 2 aromatic rings. The zero-order valence-electron chi connectivity index (χ0n) is 13.0. The lowest BCUT2D eigenvalue weighted by Gasteiger charge is -2.16. The lowest BCUT2D eigenvalue weighted by molar-refractivity contribution is 0.267. The second kappa shape index (κ2) is 7.47. The molecule has 0 radical (unpaired) electrons. The number of benzene rings is 1. The first-order valence-corrected chi connectivity index (χ1v) is 8.01. The zero-order chi connectivity index (χ0) is 16.3. The smallest absolute Gasteiger partial charge is 0.0644 e. The third-order valence-electron chi connectivity index (χ3n) is 3.86. The van der Waals surface area contributed by atoms with Gasteiger partial charge in [0, 0.05) is 33.9 Å². The van der Waals surface area contributed by atoms with Gasteiger partial charge in [0.25, 0.3) is 0 Å². The van der Waals surface area contributed by atoms with Gasteiger partial charge in [0.05, 0.1) is 18.8 Å². The first-order chi connectivity index (χ1) is 10.4. The summed E-state index contributed by atoms with van der Waals surface area (Å²) in [5.41, 5.74) is 4.23. The van der Waals surface area contributed by atoms with Gasteiger partial charge in [0.2, 0.25) is 0 Å². The molecule has 2 N–H and O–H groups in total. The van der Waals surface area contributed by atoms with E-state index >= 15 is 0 Å². The molecule has 0 saturated carbocycles. The molecule has 0 amide bonds. The average Bonchev–Trinajstić information content (AvgIpc) is 2.71. The number of aromatic nitrogens is 2. The van der Waals surface area contributed by atoms with Crippen LogP contribution >= 0.6 is 23.2 Å². The summed E-state index contributed by atoms with van der Waals surface area (Å²) in [4.78, 5) is 0. The van der Waals surface area contributed by atoms with E-state index in [4.69, 9.17) is 28.3 Å². The molecule has 0 spiro atoms. The molecule has 1 aromatic carbocycles. The predicted octanol–water partition coefficient (Wildman–Crippen LogP) is 3.65. The Balaban J connectivity index is 2.09. The quantitative estimate of drug-likeness (QED) is 0.843. The minimum Gasteiger partial charge on any atom is -0.394 e. The van der Waals surface area contributed by atoms with Gasteiger partial charge in [-0.2, -0.15) is 5.10 Å². The maximum atomic E-state index is 9.06. The van der Waals surface area contributed by atoms with Gasteiger partial charge in [-0.05, 0) is 38.5 Å². The minimum atomic E-state index is 0.0889. The monoisotopic (exact) mass is 341 g/mol. The van der Waals surface area contributed by atoms with Crippen molar-refractivity contribution in [1.29, 1.82) is 0 Å². The third kappa shape index (κ3) is 3.82. The van der Waals surface area contributed by atoms with Crippen molar-refractivity contribution < 1.29 is 5.11 Å². The van der Waals surface area contributed by atoms with Crippen LogP contribution in [0.3, 0.4) is 0 Å². The number of nitrogens with zero attached hydrogens (tertiary/aromatic N) is 2. The first-order valence-electron chi connectivity index (χ1n) is 7.26. The lowest BCUT2D eigenvalue weighted by atomic mass is 10.1. The summed E-state index contributed by atoms with van der Waals surface area (Å²) in [6.45, 7) is 7.38. The van der Waals surface area contributed by atoms with Crippen molar-refractivity contribution in [2.75, 3.05) is 6.61 Å². The highest BCUT2D eigenvalue weighted by Gasteiger charge is 2.14. The van der Waals surface area contributed by atoms with Gasteiger partial charge in [-0.1, -0.05) is 29.3 Å². The molecule has 1 atom stereocenters. The van der Waals surface area contributed by atoms with Crippen molar-refractivity contribution in [3.05, 3.63) is 50.8 Å². The minimum absolute atomic E-state index is 0.0889. The van der Waals surface area contributed by atoms with Gasteiger partial charge < -0.3 is 10.4 Å². The Labute approximate surface area is 141 Å². The topological polar surface area (TPSA) is 50.1 Å². The Kier molecular flexibility index (Phi) is 5.87. The fourth-order valence-corrected chi connectivity index (χ4v) is 3.09. The van der Waals surface area contributed by atoms with Gasteiger partial charge >= 0.3 is 0 Å². The Morgan fingerprint density at radius 1 is 1.32 bits per heavy atom. The van der Waals surface area contributed by atoms with Crippen LogP contribution in [-0.4, -0.2) is 21.5 Å². The molecule has 4 nitrogen and oxygen atoms in total. The summed E-state index contributed by atoms with van der Waals surface area (Å²) in [5, 5.41) is 18.3. The number of halogens is 2. The van der Waals surface area contributed by atoms with E-state index in [1.807, 2.05) is 30.7 Å². The Morgan fingerprint density at radius 3 is 2.68 bits per heavy atom. The van der Waals surface area contributed by atoms with E-state index in [0.717, 1.165) is 22.5 Å². The van der Waals surface area contributed by atoms with E-state index in [1.54, 1.807) is 6.07 Å². The third-order valence-corrected chi connectivity index (χ3v) is 4.42. The summed E-state index contributed by atoms with van der Waals surface area (Å²) in [6.07, 6.45) is 0. The van der Waals surface area contributed by atoms with Crippen LogP contribution in [0.2, 0.25) is 10.0 Å². The second-order valence-corrected chi connectivity index (χ2v) is 6.21. The number of aliphatic hydroxyl groups excluding tert-OH is 1. The van der Waals surface area contributed by atoms with Gasteiger partial charge in [0.1, 0.15) is 0 Å². The molecule has 1 aromatic heterocycles. The molecule has 0 aliphatic carbocycles. The summed E-state index contributed by atoms with van der Waals surface area (Å²) >= 11 is 12.2. The van der Waals surface area contributed by atoms with Crippen molar-refractivity contribution in [2.24, 2.45) is 0 Å². The average molecular weight is 342 g/mol. The van der Waals surface area contributed by atoms with E-state index in [2.05, 4.69) is 17.3 Å². The van der Waals surface area contributed by atoms with Gasteiger partial charge in [-0.3, -0.25) is 4.68 Å². The van der Waals surface area contributed by atoms with Gasteiger partial charge in [0.15, 0.2) is 0 Å². The van der Waals surface area contributed by atoms with Crippen molar-refractivity contribution in [2.45, 2.75) is 39.9 Å². The Morgan fingerprint density at radius 2 is 2.05 bits per heavy atom. The summed E-state index contributed by atoms with van der Waals surface area (Å²) in [7, 11) is 0. The number of hydrogen-bond acceptors (Lipinski definition) is 3. The zero-order valence-corrected chi connectivity index (χ0v) is 14.5. The van der Waals surface area contributed by atoms with E-state index in [-0.39, 0.29) is 12.6 Å². The van der Waals surface area contributed by atoms with Gasteiger partial charge in [-0.25, -0.2) is 0 Å². The normalized spacial score (nSPS) is 12.6. The van der Waals surface area contributed by atoms with Crippen LogP contribution in [0.15, 0.2) is 18.2 Å². The molecule has 6 heteroatoms. The molecule has 0 aliphatic heterocycles. The van der Waals surface area contributed by atoms with E-state index in [0.29, 0.717) is 23.1 Å². The van der Waals surface area contributed by atoms with Crippen molar-refractivity contribution in [3.63, 3.8) is 0 Å². The molecule has 0 saturated heterocycles. The molecule has 0 unspecified atom stereocenters. The van der Waals surface area contributed by atoms with Gasteiger partial charge in [-0.15, -0.1) is 0 Å². The number of nitrogens with one attached hydrogen (secondary N) is 1. The number of aryl methyl sites for hydroxylation is 1. The van der Waals surface area contributed by atoms with Crippen molar-refractivity contribution >= 4 is 23.2 Å². The lowest BCUT2D eigenvalue weighted by Crippen LogP contribution is -2.19. The number of rotatable bonds is 6. The highest BCUT2D eigenvalue weighted by molar-refractivity contribution is 6.35. The second-order valence-electron chi connectivity index (χ2n) is 5.36. The number of aliphatic hydroxyl groups is 1. The largest absolute Gasteiger partial charge is 0.394 e. The van der Waals surface area contributed by atoms with Crippen LogP contribution in [0.1, 0.15) is 35.5 Å².